The van der Waals surface area contributed by atoms with Crippen LogP contribution in [0.1, 0.15) is 22.3 Å². The van der Waals surface area contributed by atoms with E-state index in [1.54, 1.807) is 12.1 Å². The third-order valence-corrected chi connectivity index (χ3v) is 3.81. The molecule has 22 heavy (non-hydrogen) atoms. The van der Waals surface area contributed by atoms with E-state index < -0.39 is 0 Å². The van der Waals surface area contributed by atoms with Crippen molar-refractivity contribution in [3.8, 4) is 5.75 Å². The van der Waals surface area contributed by atoms with E-state index in [0.29, 0.717) is 0 Å². The van der Waals surface area contributed by atoms with Gasteiger partial charge in [-0.05, 0) is 47.2 Å². The summed E-state index contributed by atoms with van der Waals surface area (Å²) >= 11 is 0. The average molecular weight is 289 g/mol. The minimum atomic E-state index is 0.270. The lowest BCUT2D eigenvalue weighted by atomic mass is 9.96. The number of anilines is 1. The maximum Gasteiger partial charge on any atom is 0.116 e. The van der Waals surface area contributed by atoms with Crippen molar-refractivity contribution in [1.29, 1.82) is 0 Å². The fourth-order valence-electron chi connectivity index (χ4n) is 2.68. The average Bonchev–Trinajstić information content (AvgIpc) is 2.54. The van der Waals surface area contributed by atoms with Crippen LogP contribution in [0.3, 0.4) is 0 Å². The molecule has 3 N–H and O–H groups in total. The highest BCUT2D eigenvalue weighted by atomic mass is 16.3. The minimum Gasteiger partial charge on any atom is -0.508 e. The molecule has 0 bridgehead atoms. The standard InChI is InChI=1S/C20H19NO/c21-20-17(11-15-7-3-1-4-8-15)13-19(22)14-18(20)12-16-9-5-2-6-10-16/h1-10,13-14,22H,11-12,21H2. The van der Waals surface area contributed by atoms with E-state index in [0.717, 1.165) is 29.7 Å². The molecule has 0 unspecified atom stereocenters. The Morgan fingerprint density at radius 1 is 0.682 bits per heavy atom. The third-order valence-electron chi connectivity index (χ3n) is 3.81. The molecule has 2 nitrogen and oxygen atoms in total. The summed E-state index contributed by atoms with van der Waals surface area (Å²) in [6.07, 6.45) is 1.45. The van der Waals surface area contributed by atoms with Crippen molar-refractivity contribution < 1.29 is 5.11 Å². The van der Waals surface area contributed by atoms with Crippen molar-refractivity contribution in [3.63, 3.8) is 0 Å². The van der Waals surface area contributed by atoms with Crippen LogP contribution in [0.2, 0.25) is 0 Å². The van der Waals surface area contributed by atoms with Crippen LogP contribution in [0.15, 0.2) is 72.8 Å². The highest BCUT2D eigenvalue weighted by molar-refractivity contribution is 5.59. The molecule has 0 heterocycles. The second-order valence-corrected chi connectivity index (χ2v) is 5.50. The summed E-state index contributed by atoms with van der Waals surface area (Å²) in [5.74, 6) is 0.270. The summed E-state index contributed by atoms with van der Waals surface area (Å²) < 4.78 is 0. The Labute approximate surface area is 130 Å². The molecule has 0 aliphatic carbocycles. The smallest absolute Gasteiger partial charge is 0.116 e. The zero-order chi connectivity index (χ0) is 15.4. The fourth-order valence-corrected chi connectivity index (χ4v) is 2.68. The van der Waals surface area contributed by atoms with Gasteiger partial charge in [0.05, 0.1) is 0 Å². The number of hydrogen-bond donors (Lipinski definition) is 2. The zero-order valence-corrected chi connectivity index (χ0v) is 12.4. The number of benzene rings is 3. The molecule has 0 fully saturated rings. The van der Waals surface area contributed by atoms with E-state index in [2.05, 4.69) is 24.3 Å². The molecule has 2 heteroatoms. The van der Waals surface area contributed by atoms with Gasteiger partial charge in [0.15, 0.2) is 0 Å². The predicted molar refractivity (Wildman–Crippen MR) is 91.0 cm³/mol. The van der Waals surface area contributed by atoms with E-state index in [4.69, 9.17) is 5.73 Å². The van der Waals surface area contributed by atoms with Gasteiger partial charge in [0, 0.05) is 5.69 Å². The van der Waals surface area contributed by atoms with Crippen molar-refractivity contribution >= 4 is 5.69 Å². The minimum absolute atomic E-state index is 0.270. The molecule has 0 radical (unpaired) electrons. The van der Waals surface area contributed by atoms with Gasteiger partial charge >= 0.3 is 0 Å². The van der Waals surface area contributed by atoms with Crippen molar-refractivity contribution in [2.75, 3.05) is 5.73 Å². The van der Waals surface area contributed by atoms with Gasteiger partial charge in [-0.1, -0.05) is 60.7 Å². The Morgan fingerprint density at radius 3 is 1.50 bits per heavy atom. The maximum absolute atomic E-state index is 10.0. The molecule has 3 aromatic carbocycles. The fraction of sp³-hybridized carbons (Fsp3) is 0.100. The summed E-state index contributed by atoms with van der Waals surface area (Å²) in [6, 6.07) is 23.8. The van der Waals surface area contributed by atoms with Crippen LogP contribution in [0.25, 0.3) is 0 Å². The molecule has 0 saturated heterocycles. The number of phenols is 1. The van der Waals surface area contributed by atoms with Gasteiger partial charge in [-0.15, -0.1) is 0 Å². The molecule has 0 amide bonds. The topological polar surface area (TPSA) is 46.2 Å². The van der Waals surface area contributed by atoms with Crippen molar-refractivity contribution in [1.82, 2.24) is 0 Å². The second kappa shape index (κ2) is 6.35. The van der Waals surface area contributed by atoms with Crippen molar-refractivity contribution in [2.24, 2.45) is 0 Å². The Balaban J connectivity index is 1.92. The van der Waals surface area contributed by atoms with Gasteiger partial charge < -0.3 is 10.8 Å². The summed E-state index contributed by atoms with van der Waals surface area (Å²) in [6.45, 7) is 0. The SMILES string of the molecule is Nc1c(Cc2ccccc2)cc(O)cc1Cc1ccccc1. The maximum atomic E-state index is 10.0. The molecule has 110 valence electrons. The van der Waals surface area contributed by atoms with E-state index in [-0.39, 0.29) is 5.75 Å². The third kappa shape index (κ3) is 3.29. The first-order valence-electron chi connectivity index (χ1n) is 7.40. The van der Waals surface area contributed by atoms with Crippen LogP contribution in [-0.2, 0) is 12.8 Å². The molecule has 0 aliphatic rings. The first-order valence-corrected chi connectivity index (χ1v) is 7.40. The molecule has 0 spiro atoms. The van der Waals surface area contributed by atoms with Crippen molar-refractivity contribution in [2.45, 2.75) is 12.8 Å². The molecule has 0 aromatic heterocycles. The van der Waals surface area contributed by atoms with Gasteiger partial charge in [-0.3, -0.25) is 0 Å². The van der Waals surface area contributed by atoms with Gasteiger partial charge in [0.25, 0.3) is 0 Å². The van der Waals surface area contributed by atoms with Gasteiger partial charge in [0.1, 0.15) is 5.75 Å². The van der Waals surface area contributed by atoms with E-state index in [9.17, 15) is 5.11 Å². The quantitative estimate of drug-likeness (QED) is 0.559. The Bertz CT molecular complexity index is 689. The monoisotopic (exact) mass is 289 g/mol. The molecule has 0 aliphatic heterocycles. The molecule has 3 aromatic rings. The van der Waals surface area contributed by atoms with Gasteiger partial charge in [0.2, 0.25) is 0 Å². The van der Waals surface area contributed by atoms with Crippen LogP contribution in [-0.4, -0.2) is 5.11 Å². The second-order valence-electron chi connectivity index (χ2n) is 5.50. The summed E-state index contributed by atoms with van der Waals surface area (Å²) in [5.41, 5.74) is 11.4. The largest absolute Gasteiger partial charge is 0.508 e. The summed E-state index contributed by atoms with van der Waals surface area (Å²) in [5, 5.41) is 10.0. The van der Waals surface area contributed by atoms with Crippen LogP contribution in [0.5, 0.6) is 5.75 Å². The van der Waals surface area contributed by atoms with Crippen LogP contribution in [0, 0.1) is 0 Å². The number of rotatable bonds is 4. The first-order chi connectivity index (χ1) is 10.7. The molecule has 0 atom stereocenters. The lowest BCUT2D eigenvalue weighted by Crippen LogP contribution is -2.02. The Hall–Kier alpha value is -2.74. The van der Waals surface area contributed by atoms with Crippen LogP contribution < -0.4 is 5.73 Å². The van der Waals surface area contributed by atoms with E-state index in [1.165, 1.54) is 11.1 Å². The van der Waals surface area contributed by atoms with E-state index in [1.807, 2.05) is 36.4 Å². The molecular formula is C20H19NO. The predicted octanol–water partition coefficient (Wildman–Crippen LogP) is 4.16. The van der Waals surface area contributed by atoms with Crippen LogP contribution >= 0.6 is 0 Å². The highest BCUT2D eigenvalue weighted by Crippen LogP contribution is 2.28. The van der Waals surface area contributed by atoms with E-state index >= 15 is 0 Å². The van der Waals surface area contributed by atoms with Gasteiger partial charge in [-0.25, -0.2) is 0 Å². The van der Waals surface area contributed by atoms with Crippen molar-refractivity contribution in [3.05, 3.63) is 95.1 Å². The lowest BCUT2D eigenvalue weighted by Gasteiger charge is -2.13. The lowest BCUT2D eigenvalue weighted by molar-refractivity contribution is 0.474. The zero-order valence-electron chi connectivity index (χ0n) is 12.4. The van der Waals surface area contributed by atoms with Gasteiger partial charge in [-0.2, -0.15) is 0 Å². The molecule has 3 rings (SSSR count). The normalized spacial score (nSPS) is 10.5. The molecule has 0 saturated carbocycles. The summed E-state index contributed by atoms with van der Waals surface area (Å²) in [7, 11) is 0. The number of aromatic hydroxyl groups is 1. The number of phenolic OH excluding ortho intramolecular Hbond substituents is 1. The van der Waals surface area contributed by atoms with Crippen LogP contribution in [0.4, 0.5) is 5.69 Å². The highest BCUT2D eigenvalue weighted by Gasteiger charge is 2.09. The number of hydrogen-bond acceptors (Lipinski definition) is 2. The molecular weight excluding hydrogens is 270 g/mol. The number of nitrogens with two attached hydrogens (primary N) is 1. The Kier molecular flexibility index (Phi) is 4.10. The Morgan fingerprint density at radius 2 is 1.09 bits per heavy atom. The number of nitrogen functional groups attached to an aromatic ring is 1. The summed E-state index contributed by atoms with van der Waals surface area (Å²) in [4.78, 5) is 0. The first kappa shape index (κ1) is 14.2.